The highest BCUT2D eigenvalue weighted by molar-refractivity contribution is 7.13. The Kier molecular flexibility index (Phi) is 9.65. The van der Waals surface area contributed by atoms with Gasteiger partial charge in [-0.3, -0.25) is 9.59 Å². The van der Waals surface area contributed by atoms with E-state index in [4.69, 9.17) is 4.74 Å². The first-order valence-corrected chi connectivity index (χ1v) is 15.9. The van der Waals surface area contributed by atoms with Crippen molar-refractivity contribution in [2.45, 2.75) is 59.0 Å². The molecule has 1 unspecified atom stereocenters. The quantitative estimate of drug-likeness (QED) is 0.184. The first-order valence-electron chi connectivity index (χ1n) is 15.1. The number of anilines is 1. The second-order valence-corrected chi connectivity index (χ2v) is 13.1. The van der Waals surface area contributed by atoms with E-state index in [0.717, 1.165) is 64.2 Å². The summed E-state index contributed by atoms with van der Waals surface area (Å²) in [5.74, 6) is 1.95. The maximum Gasteiger partial charge on any atom is 0.228 e. The van der Waals surface area contributed by atoms with Gasteiger partial charge in [-0.15, -0.1) is 0 Å². The monoisotopic (exact) mass is 598 g/mol. The maximum atomic E-state index is 13.8. The van der Waals surface area contributed by atoms with Crippen LogP contribution in [0, 0.1) is 5.41 Å². The van der Waals surface area contributed by atoms with Crippen LogP contribution in [0.15, 0.2) is 72.8 Å². The molecule has 0 bridgehead atoms. The average Bonchev–Trinajstić information content (AvgIpc) is 3.65. The first-order chi connectivity index (χ1) is 20.7. The van der Waals surface area contributed by atoms with E-state index in [9.17, 15) is 9.59 Å². The Balaban J connectivity index is 1.26. The summed E-state index contributed by atoms with van der Waals surface area (Å²) < 4.78 is 11.0. The van der Waals surface area contributed by atoms with Gasteiger partial charge in [0.2, 0.25) is 11.8 Å². The van der Waals surface area contributed by atoms with Crippen LogP contribution in [0.1, 0.15) is 52.0 Å². The largest absolute Gasteiger partial charge is 0.497 e. The van der Waals surface area contributed by atoms with Crippen LogP contribution in [0.3, 0.4) is 0 Å². The molecule has 4 aromatic rings. The van der Waals surface area contributed by atoms with E-state index in [1.807, 2.05) is 54.8 Å². The van der Waals surface area contributed by atoms with E-state index in [1.165, 1.54) is 11.5 Å². The van der Waals surface area contributed by atoms with Crippen molar-refractivity contribution in [3.05, 3.63) is 78.4 Å². The molecule has 1 atom stereocenters. The van der Waals surface area contributed by atoms with Gasteiger partial charge in [0.25, 0.3) is 0 Å². The van der Waals surface area contributed by atoms with Crippen LogP contribution in [-0.4, -0.2) is 58.8 Å². The molecule has 1 aliphatic heterocycles. The fraction of sp³-hybridized carbons (Fsp3) is 0.400. The molecule has 0 saturated carbocycles. The SMILES string of the molecule is COc1ccc(-c2ccc(CN(CCCNc3nsc4ccccc34)C(=O)CC3CCCN3C(=O)C(C)(C)C)cc2)cc1. The summed E-state index contributed by atoms with van der Waals surface area (Å²) >= 11 is 1.49. The minimum absolute atomic E-state index is 0.0429. The summed E-state index contributed by atoms with van der Waals surface area (Å²) in [5, 5.41) is 4.60. The fourth-order valence-corrected chi connectivity index (χ4v) is 6.42. The van der Waals surface area contributed by atoms with Crippen LogP contribution in [0.25, 0.3) is 21.2 Å². The van der Waals surface area contributed by atoms with Crippen molar-refractivity contribution in [2.75, 3.05) is 32.1 Å². The molecule has 7 nitrogen and oxygen atoms in total. The third-order valence-electron chi connectivity index (χ3n) is 8.07. The topological polar surface area (TPSA) is 74.8 Å². The highest BCUT2D eigenvalue weighted by Gasteiger charge is 2.36. The van der Waals surface area contributed by atoms with Crippen molar-refractivity contribution in [3.8, 4) is 16.9 Å². The number of aromatic nitrogens is 1. The van der Waals surface area contributed by atoms with Crippen molar-refractivity contribution >= 4 is 39.3 Å². The lowest BCUT2D eigenvalue weighted by Crippen LogP contribution is -2.45. The van der Waals surface area contributed by atoms with Crippen molar-refractivity contribution in [1.82, 2.24) is 14.2 Å². The van der Waals surface area contributed by atoms with E-state index in [1.54, 1.807) is 7.11 Å². The Morgan fingerprint density at radius 2 is 1.72 bits per heavy atom. The number of nitrogens with one attached hydrogen (secondary N) is 1. The van der Waals surface area contributed by atoms with Crippen LogP contribution >= 0.6 is 11.5 Å². The van der Waals surface area contributed by atoms with Crippen LogP contribution in [0.5, 0.6) is 5.75 Å². The van der Waals surface area contributed by atoms with Crippen LogP contribution in [0.2, 0.25) is 0 Å². The third-order valence-corrected chi connectivity index (χ3v) is 8.89. The van der Waals surface area contributed by atoms with Gasteiger partial charge in [0.15, 0.2) is 0 Å². The number of benzene rings is 3. The van der Waals surface area contributed by atoms with Crippen molar-refractivity contribution < 1.29 is 14.3 Å². The number of carbonyl (C=O) groups is 2. The van der Waals surface area contributed by atoms with Gasteiger partial charge in [-0.1, -0.05) is 69.3 Å². The van der Waals surface area contributed by atoms with Crippen molar-refractivity contribution in [3.63, 3.8) is 0 Å². The van der Waals surface area contributed by atoms with Gasteiger partial charge >= 0.3 is 0 Å². The minimum Gasteiger partial charge on any atom is -0.497 e. The van der Waals surface area contributed by atoms with Gasteiger partial charge in [-0.25, -0.2) is 0 Å². The molecule has 5 rings (SSSR count). The smallest absolute Gasteiger partial charge is 0.228 e. The average molecular weight is 599 g/mol. The fourth-order valence-electron chi connectivity index (χ4n) is 5.67. The normalized spacial score (nSPS) is 15.1. The van der Waals surface area contributed by atoms with Gasteiger partial charge < -0.3 is 19.9 Å². The highest BCUT2D eigenvalue weighted by atomic mass is 32.1. The van der Waals surface area contributed by atoms with Crippen molar-refractivity contribution in [1.29, 1.82) is 0 Å². The van der Waals surface area contributed by atoms with E-state index >= 15 is 0 Å². The molecule has 1 aromatic heterocycles. The predicted molar refractivity (Wildman–Crippen MR) is 175 cm³/mol. The second-order valence-electron chi connectivity index (χ2n) is 12.3. The number of amides is 2. The number of hydrogen-bond donors (Lipinski definition) is 1. The predicted octanol–water partition coefficient (Wildman–Crippen LogP) is 7.23. The molecule has 3 aromatic carbocycles. The molecule has 0 aliphatic carbocycles. The minimum atomic E-state index is -0.456. The number of methoxy groups -OCH3 is 1. The number of ether oxygens (including phenoxy) is 1. The Morgan fingerprint density at radius 1 is 1.02 bits per heavy atom. The van der Waals surface area contributed by atoms with E-state index in [-0.39, 0.29) is 17.9 Å². The van der Waals surface area contributed by atoms with E-state index < -0.39 is 5.41 Å². The molecule has 226 valence electrons. The van der Waals surface area contributed by atoms with E-state index in [2.05, 4.69) is 58.2 Å². The van der Waals surface area contributed by atoms with Crippen LogP contribution in [0.4, 0.5) is 5.82 Å². The number of likely N-dealkylation sites (tertiary alicyclic amines) is 1. The maximum absolute atomic E-state index is 13.8. The summed E-state index contributed by atoms with van der Waals surface area (Å²) in [6.07, 6.45) is 2.96. The summed E-state index contributed by atoms with van der Waals surface area (Å²) in [6.45, 7) is 8.45. The molecule has 1 N–H and O–H groups in total. The van der Waals surface area contributed by atoms with Gasteiger partial charge in [0, 0.05) is 49.4 Å². The molecular weight excluding hydrogens is 556 g/mol. The molecule has 8 heteroatoms. The highest BCUT2D eigenvalue weighted by Crippen LogP contribution is 2.29. The Bertz CT molecular complexity index is 1530. The lowest BCUT2D eigenvalue weighted by atomic mass is 9.94. The molecule has 0 spiro atoms. The summed E-state index contributed by atoms with van der Waals surface area (Å²) in [5.41, 5.74) is 2.86. The molecular formula is C35H42N4O3S. The molecule has 1 fully saturated rings. The van der Waals surface area contributed by atoms with Crippen LogP contribution in [-0.2, 0) is 16.1 Å². The van der Waals surface area contributed by atoms with Crippen LogP contribution < -0.4 is 10.1 Å². The van der Waals surface area contributed by atoms with Gasteiger partial charge in [-0.05, 0) is 71.8 Å². The molecule has 43 heavy (non-hydrogen) atoms. The second kappa shape index (κ2) is 13.6. The molecule has 1 aliphatic rings. The van der Waals surface area contributed by atoms with Gasteiger partial charge in [-0.2, -0.15) is 4.37 Å². The van der Waals surface area contributed by atoms with Crippen molar-refractivity contribution in [2.24, 2.45) is 5.41 Å². The number of fused-ring (bicyclic) bond motifs is 1. The molecule has 1 saturated heterocycles. The third kappa shape index (κ3) is 7.54. The Labute approximate surface area is 259 Å². The number of hydrogen-bond acceptors (Lipinski definition) is 6. The summed E-state index contributed by atoms with van der Waals surface area (Å²) in [4.78, 5) is 30.8. The molecule has 2 heterocycles. The number of rotatable bonds is 11. The van der Waals surface area contributed by atoms with Gasteiger partial charge in [0.1, 0.15) is 11.6 Å². The zero-order valence-corrected chi connectivity index (χ0v) is 26.5. The summed E-state index contributed by atoms with van der Waals surface area (Å²) in [7, 11) is 1.67. The summed E-state index contributed by atoms with van der Waals surface area (Å²) in [6, 6.07) is 24.6. The van der Waals surface area contributed by atoms with E-state index in [0.29, 0.717) is 26.1 Å². The standard InChI is InChI=1S/C35H42N4O3S/c1-35(2,3)34(41)39-22-7-9-28(39)23-32(40)38(21-8-20-36-33-30-10-5-6-11-31(30)43-37-33)24-25-12-14-26(15-13-25)27-16-18-29(42-4)19-17-27/h5-6,10-19,28H,7-9,20-24H2,1-4H3,(H,36,37). The number of nitrogens with zero attached hydrogens (tertiary/aromatic N) is 3. The Hall–Kier alpha value is -3.91. The first kappa shape index (κ1) is 30.5. The molecule has 0 radical (unpaired) electrons. The zero-order valence-electron chi connectivity index (χ0n) is 25.6. The molecule has 2 amide bonds. The Morgan fingerprint density at radius 3 is 2.42 bits per heavy atom. The zero-order chi connectivity index (χ0) is 30.4. The number of carbonyl (C=O) groups excluding carboxylic acids is 2. The van der Waals surface area contributed by atoms with Gasteiger partial charge in [0.05, 0.1) is 11.8 Å². The lowest BCUT2D eigenvalue weighted by molar-refractivity contribution is -0.142. The lowest BCUT2D eigenvalue weighted by Gasteiger charge is -2.32.